The Hall–Kier alpha value is -3.09. The van der Waals surface area contributed by atoms with E-state index in [1.165, 1.54) is 6.07 Å². The van der Waals surface area contributed by atoms with E-state index in [0.717, 1.165) is 24.2 Å². The molecule has 4 rings (SSSR count). The Bertz CT molecular complexity index is 911. The molecule has 1 atom stereocenters. The SMILES string of the molecule is Cc1c(C(=O)N2CCCC2c2ccc3c(c2)OCCO3)cccc1[N+](=O)[O-]. The molecule has 2 aliphatic heterocycles. The Balaban J connectivity index is 1.65. The fraction of sp³-hybridized carbons (Fsp3) is 0.350. The minimum Gasteiger partial charge on any atom is -0.486 e. The van der Waals surface area contributed by atoms with Crippen LogP contribution in [0.1, 0.15) is 40.4 Å². The molecule has 1 amide bonds. The maximum atomic E-state index is 13.2. The fourth-order valence-corrected chi connectivity index (χ4v) is 3.83. The van der Waals surface area contributed by atoms with Crippen molar-refractivity contribution in [1.29, 1.82) is 0 Å². The summed E-state index contributed by atoms with van der Waals surface area (Å²) in [5.74, 6) is 1.24. The predicted molar refractivity (Wildman–Crippen MR) is 98.3 cm³/mol. The quantitative estimate of drug-likeness (QED) is 0.610. The zero-order valence-electron chi connectivity index (χ0n) is 15.0. The van der Waals surface area contributed by atoms with Gasteiger partial charge in [-0.15, -0.1) is 0 Å². The van der Waals surface area contributed by atoms with Crippen LogP contribution in [-0.2, 0) is 0 Å². The molecule has 7 nitrogen and oxygen atoms in total. The Kier molecular flexibility index (Phi) is 4.43. The number of carbonyl (C=O) groups excluding carboxylic acids is 1. The van der Waals surface area contributed by atoms with Gasteiger partial charge in [0.2, 0.25) is 0 Å². The first-order valence-electron chi connectivity index (χ1n) is 9.01. The number of nitrogens with zero attached hydrogens (tertiary/aromatic N) is 2. The third kappa shape index (κ3) is 3.09. The fourth-order valence-electron chi connectivity index (χ4n) is 3.83. The van der Waals surface area contributed by atoms with Crippen molar-refractivity contribution in [3.8, 4) is 11.5 Å². The largest absolute Gasteiger partial charge is 0.486 e. The van der Waals surface area contributed by atoms with Crippen molar-refractivity contribution in [3.05, 3.63) is 63.2 Å². The Morgan fingerprint density at radius 1 is 1.19 bits per heavy atom. The minimum atomic E-state index is -0.450. The van der Waals surface area contributed by atoms with E-state index in [0.29, 0.717) is 36.6 Å². The Morgan fingerprint density at radius 2 is 1.96 bits per heavy atom. The second kappa shape index (κ2) is 6.90. The highest BCUT2D eigenvalue weighted by Crippen LogP contribution is 2.39. The van der Waals surface area contributed by atoms with Gasteiger partial charge in [-0.2, -0.15) is 0 Å². The summed E-state index contributed by atoms with van der Waals surface area (Å²) in [5, 5.41) is 11.2. The molecule has 1 saturated heterocycles. The molecule has 2 heterocycles. The van der Waals surface area contributed by atoms with Gasteiger partial charge in [0.25, 0.3) is 11.6 Å². The zero-order valence-corrected chi connectivity index (χ0v) is 15.0. The molecule has 0 radical (unpaired) electrons. The molecule has 0 spiro atoms. The van der Waals surface area contributed by atoms with Crippen LogP contribution in [0.25, 0.3) is 0 Å². The second-order valence-corrected chi connectivity index (χ2v) is 6.77. The van der Waals surface area contributed by atoms with Gasteiger partial charge in [-0.05, 0) is 43.5 Å². The van der Waals surface area contributed by atoms with E-state index in [2.05, 4.69) is 0 Å². The number of likely N-dealkylation sites (tertiary alicyclic amines) is 1. The van der Waals surface area contributed by atoms with Gasteiger partial charge < -0.3 is 14.4 Å². The van der Waals surface area contributed by atoms with Gasteiger partial charge in [0.15, 0.2) is 11.5 Å². The smallest absolute Gasteiger partial charge is 0.273 e. The molecule has 1 unspecified atom stereocenters. The first kappa shape index (κ1) is 17.3. The number of amides is 1. The summed E-state index contributed by atoms with van der Waals surface area (Å²) in [6, 6.07) is 10.3. The topological polar surface area (TPSA) is 81.9 Å². The number of nitro benzene ring substituents is 1. The van der Waals surface area contributed by atoms with Crippen molar-refractivity contribution in [2.45, 2.75) is 25.8 Å². The van der Waals surface area contributed by atoms with Crippen LogP contribution in [0.5, 0.6) is 11.5 Å². The summed E-state index contributed by atoms with van der Waals surface area (Å²) in [7, 11) is 0. The zero-order chi connectivity index (χ0) is 19.0. The molecule has 0 aromatic heterocycles. The average molecular weight is 368 g/mol. The Labute approximate surface area is 156 Å². The third-order valence-corrected chi connectivity index (χ3v) is 5.20. The molecule has 2 aromatic carbocycles. The highest BCUT2D eigenvalue weighted by Gasteiger charge is 2.33. The summed E-state index contributed by atoms with van der Waals surface area (Å²) >= 11 is 0. The molecule has 1 fully saturated rings. The monoisotopic (exact) mass is 368 g/mol. The maximum Gasteiger partial charge on any atom is 0.273 e. The highest BCUT2D eigenvalue weighted by atomic mass is 16.6. The van der Waals surface area contributed by atoms with Crippen molar-refractivity contribution >= 4 is 11.6 Å². The molecule has 7 heteroatoms. The molecule has 0 bridgehead atoms. The van der Waals surface area contributed by atoms with Crippen LogP contribution >= 0.6 is 0 Å². The van der Waals surface area contributed by atoms with Gasteiger partial charge in [-0.25, -0.2) is 0 Å². The van der Waals surface area contributed by atoms with Gasteiger partial charge >= 0.3 is 0 Å². The lowest BCUT2D eigenvalue weighted by molar-refractivity contribution is -0.385. The van der Waals surface area contributed by atoms with E-state index in [4.69, 9.17) is 9.47 Å². The molecular weight excluding hydrogens is 348 g/mol. The lowest BCUT2D eigenvalue weighted by atomic mass is 10.0. The Morgan fingerprint density at radius 3 is 2.74 bits per heavy atom. The summed E-state index contributed by atoms with van der Waals surface area (Å²) < 4.78 is 11.2. The van der Waals surface area contributed by atoms with Crippen LogP contribution in [-0.4, -0.2) is 35.5 Å². The summed E-state index contributed by atoms with van der Waals surface area (Å²) in [4.78, 5) is 25.7. The average Bonchev–Trinajstić information content (AvgIpc) is 3.17. The molecule has 27 heavy (non-hydrogen) atoms. The van der Waals surface area contributed by atoms with Crippen LogP contribution < -0.4 is 9.47 Å². The lowest BCUT2D eigenvalue weighted by Crippen LogP contribution is -2.31. The lowest BCUT2D eigenvalue weighted by Gasteiger charge is -2.27. The van der Waals surface area contributed by atoms with Crippen molar-refractivity contribution < 1.29 is 19.2 Å². The standard InChI is InChI=1S/C20H20N2O5/c1-13-15(4-2-5-16(13)22(24)25)20(23)21-9-3-6-17(21)14-7-8-18-19(12-14)27-11-10-26-18/h2,4-5,7-8,12,17H,3,6,9-11H2,1H3. The van der Waals surface area contributed by atoms with Gasteiger partial charge in [0, 0.05) is 23.7 Å². The molecule has 2 aromatic rings. The number of hydrogen-bond donors (Lipinski definition) is 0. The van der Waals surface area contributed by atoms with E-state index in [1.807, 2.05) is 18.2 Å². The molecule has 140 valence electrons. The summed E-state index contributed by atoms with van der Waals surface area (Å²) in [6.07, 6.45) is 1.73. The van der Waals surface area contributed by atoms with Crippen LogP contribution in [0.2, 0.25) is 0 Å². The van der Waals surface area contributed by atoms with Gasteiger partial charge in [0.05, 0.1) is 11.0 Å². The minimum absolute atomic E-state index is 0.0315. The number of carbonyl (C=O) groups is 1. The van der Waals surface area contributed by atoms with Gasteiger partial charge in [-0.1, -0.05) is 12.1 Å². The summed E-state index contributed by atoms with van der Waals surface area (Å²) in [6.45, 7) is 3.30. The normalized spacial score (nSPS) is 18.4. The number of ether oxygens (including phenoxy) is 2. The summed E-state index contributed by atoms with van der Waals surface area (Å²) in [5.41, 5.74) is 1.75. The molecule has 0 aliphatic carbocycles. The van der Waals surface area contributed by atoms with Crippen LogP contribution in [0.3, 0.4) is 0 Å². The molecule has 2 aliphatic rings. The predicted octanol–water partition coefficient (Wildman–Crippen LogP) is 3.65. The number of rotatable bonds is 3. The molecular formula is C20H20N2O5. The second-order valence-electron chi connectivity index (χ2n) is 6.77. The number of fused-ring (bicyclic) bond motifs is 1. The number of benzene rings is 2. The van der Waals surface area contributed by atoms with E-state index in [-0.39, 0.29) is 17.6 Å². The van der Waals surface area contributed by atoms with Crippen LogP contribution in [0, 0.1) is 17.0 Å². The van der Waals surface area contributed by atoms with Gasteiger partial charge in [0.1, 0.15) is 13.2 Å². The van der Waals surface area contributed by atoms with Crippen molar-refractivity contribution in [2.24, 2.45) is 0 Å². The van der Waals surface area contributed by atoms with Gasteiger partial charge in [-0.3, -0.25) is 14.9 Å². The van der Waals surface area contributed by atoms with Crippen molar-refractivity contribution in [2.75, 3.05) is 19.8 Å². The van der Waals surface area contributed by atoms with E-state index in [1.54, 1.807) is 24.0 Å². The third-order valence-electron chi connectivity index (χ3n) is 5.20. The first-order chi connectivity index (χ1) is 13.1. The molecule has 0 saturated carbocycles. The van der Waals surface area contributed by atoms with E-state index in [9.17, 15) is 14.9 Å². The van der Waals surface area contributed by atoms with Crippen molar-refractivity contribution in [3.63, 3.8) is 0 Å². The molecule has 0 N–H and O–H groups in total. The highest BCUT2D eigenvalue weighted by molar-refractivity contribution is 5.97. The van der Waals surface area contributed by atoms with E-state index < -0.39 is 4.92 Å². The maximum absolute atomic E-state index is 13.2. The first-order valence-corrected chi connectivity index (χ1v) is 9.01. The van der Waals surface area contributed by atoms with Crippen LogP contribution in [0.4, 0.5) is 5.69 Å². The number of nitro groups is 1. The van der Waals surface area contributed by atoms with E-state index >= 15 is 0 Å². The van der Waals surface area contributed by atoms with Crippen LogP contribution in [0.15, 0.2) is 36.4 Å². The van der Waals surface area contributed by atoms with Crippen molar-refractivity contribution in [1.82, 2.24) is 4.90 Å². The number of hydrogen-bond acceptors (Lipinski definition) is 5.